The van der Waals surface area contributed by atoms with E-state index in [0.29, 0.717) is 0 Å². The van der Waals surface area contributed by atoms with Crippen LogP contribution in [-0.4, -0.2) is 0 Å². The van der Waals surface area contributed by atoms with Gasteiger partial charge in [-0.15, -0.1) is 0 Å². The summed E-state index contributed by atoms with van der Waals surface area (Å²) in [6.45, 7) is 2.25. The molecule has 0 bridgehead atoms. The van der Waals surface area contributed by atoms with Crippen LogP contribution in [0.3, 0.4) is 0 Å². The van der Waals surface area contributed by atoms with Gasteiger partial charge < -0.3 is 11.5 Å². The molecule has 4 N–H and O–H groups in total. The Labute approximate surface area is 99.0 Å². The third-order valence-electron chi connectivity index (χ3n) is 2.97. The Bertz CT molecular complexity index is 308. The maximum absolute atomic E-state index is 5.90. The Morgan fingerprint density at radius 3 is 2.31 bits per heavy atom. The van der Waals surface area contributed by atoms with Gasteiger partial charge in [-0.05, 0) is 30.5 Å². The molecule has 0 saturated carbocycles. The molecule has 0 atom stereocenters. The second-order valence-electron chi connectivity index (χ2n) is 4.48. The zero-order valence-corrected chi connectivity index (χ0v) is 10.3. The number of nitrogen functional groups attached to an aromatic ring is 2. The van der Waals surface area contributed by atoms with Crippen molar-refractivity contribution >= 4 is 11.4 Å². The lowest BCUT2D eigenvalue weighted by molar-refractivity contribution is 0.608. The molecule has 0 spiro atoms. The van der Waals surface area contributed by atoms with Crippen molar-refractivity contribution in [3.05, 3.63) is 23.8 Å². The minimum atomic E-state index is 0.754. The summed E-state index contributed by atoms with van der Waals surface area (Å²) in [4.78, 5) is 0. The molecule has 0 aliphatic rings. The average molecular weight is 220 g/mol. The van der Waals surface area contributed by atoms with Crippen molar-refractivity contribution in [2.24, 2.45) is 0 Å². The van der Waals surface area contributed by atoms with Crippen molar-refractivity contribution in [2.75, 3.05) is 11.5 Å². The summed E-state index contributed by atoms with van der Waals surface area (Å²) in [5.74, 6) is 0. The van der Waals surface area contributed by atoms with E-state index in [-0.39, 0.29) is 0 Å². The molecule has 0 aromatic heterocycles. The van der Waals surface area contributed by atoms with Gasteiger partial charge in [-0.25, -0.2) is 0 Å². The first-order chi connectivity index (χ1) is 7.74. The molecule has 0 heterocycles. The summed E-state index contributed by atoms with van der Waals surface area (Å²) in [5, 5.41) is 0. The normalized spacial score (nSPS) is 10.6. The van der Waals surface area contributed by atoms with Gasteiger partial charge in [0.05, 0.1) is 0 Å². The summed E-state index contributed by atoms with van der Waals surface area (Å²) in [7, 11) is 0. The second-order valence-corrected chi connectivity index (χ2v) is 4.48. The predicted molar refractivity (Wildman–Crippen MR) is 72.3 cm³/mol. The lowest BCUT2D eigenvalue weighted by Gasteiger charge is -2.06. The van der Waals surface area contributed by atoms with Crippen LogP contribution in [-0.2, 0) is 6.42 Å². The highest BCUT2D eigenvalue weighted by atomic mass is 14.6. The van der Waals surface area contributed by atoms with Crippen molar-refractivity contribution in [2.45, 2.75) is 51.9 Å². The number of hydrogen-bond acceptors (Lipinski definition) is 2. The molecule has 0 aliphatic heterocycles. The average Bonchev–Trinajstić information content (AvgIpc) is 2.26. The van der Waals surface area contributed by atoms with E-state index in [1.807, 2.05) is 12.1 Å². The van der Waals surface area contributed by atoms with E-state index in [9.17, 15) is 0 Å². The summed E-state index contributed by atoms with van der Waals surface area (Å²) in [6.07, 6.45) is 9.02. The monoisotopic (exact) mass is 220 g/mol. The van der Waals surface area contributed by atoms with Gasteiger partial charge in [-0.2, -0.15) is 0 Å². The topological polar surface area (TPSA) is 52.0 Å². The number of benzene rings is 1. The Balaban J connectivity index is 2.21. The molecule has 16 heavy (non-hydrogen) atoms. The second kappa shape index (κ2) is 7.15. The third-order valence-corrected chi connectivity index (χ3v) is 2.97. The van der Waals surface area contributed by atoms with Crippen LogP contribution in [0.2, 0.25) is 0 Å². The molecular weight excluding hydrogens is 196 g/mol. The summed E-state index contributed by atoms with van der Waals surface area (Å²) >= 11 is 0. The van der Waals surface area contributed by atoms with E-state index in [1.165, 1.54) is 44.1 Å². The molecule has 90 valence electrons. The van der Waals surface area contributed by atoms with E-state index >= 15 is 0 Å². The van der Waals surface area contributed by atoms with Gasteiger partial charge in [0, 0.05) is 11.4 Å². The van der Waals surface area contributed by atoms with Gasteiger partial charge in [0.2, 0.25) is 0 Å². The quantitative estimate of drug-likeness (QED) is 0.543. The molecule has 1 rings (SSSR count). The van der Waals surface area contributed by atoms with E-state index in [1.54, 1.807) is 0 Å². The summed E-state index contributed by atoms with van der Waals surface area (Å²) in [5.41, 5.74) is 14.4. The highest BCUT2D eigenvalue weighted by Gasteiger charge is 1.99. The van der Waals surface area contributed by atoms with Gasteiger partial charge in [-0.1, -0.05) is 45.1 Å². The van der Waals surface area contributed by atoms with Crippen molar-refractivity contribution in [3.63, 3.8) is 0 Å². The standard InChI is InChI=1S/C14H24N2/c1-2-3-4-5-6-7-8-12-9-10-13(15)11-14(12)16/h9-11H,2-8,15-16H2,1H3. The minimum absolute atomic E-state index is 0.754. The van der Waals surface area contributed by atoms with Crippen molar-refractivity contribution in [1.29, 1.82) is 0 Å². The molecule has 0 aliphatic carbocycles. The molecule has 0 radical (unpaired) electrons. The zero-order valence-electron chi connectivity index (χ0n) is 10.3. The van der Waals surface area contributed by atoms with Gasteiger partial charge in [0.1, 0.15) is 0 Å². The van der Waals surface area contributed by atoms with E-state index in [4.69, 9.17) is 11.5 Å². The van der Waals surface area contributed by atoms with Crippen LogP contribution < -0.4 is 11.5 Å². The van der Waals surface area contributed by atoms with Crippen LogP contribution in [0.5, 0.6) is 0 Å². The lowest BCUT2D eigenvalue weighted by Crippen LogP contribution is -1.96. The van der Waals surface area contributed by atoms with Gasteiger partial charge in [0.15, 0.2) is 0 Å². The largest absolute Gasteiger partial charge is 0.399 e. The van der Waals surface area contributed by atoms with E-state index in [0.717, 1.165) is 17.8 Å². The first kappa shape index (κ1) is 12.9. The van der Waals surface area contributed by atoms with Crippen molar-refractivity contribution < 1.29 is 0 Å². The molecule has 0 amide bonds. The van der Waals surface area contributed by atoms with Crippen molar-refractivity contribution in [3.8, 4) is 0 Å². The fraction of sp³-hybridized carbons (Fsp3) is 0.571. The van der Waals surface area contributed by atoms with E-state index in [2.05, 4.69) is 13.0 Å². The van der Waals surface area contributed by atoms with Gasteiger partial charge in [0.25, 0.3) is 0 Å². The number of nitrogens with two attached hydrogens (primary N) is 2. The van der Waals surface area contributed by atoms with Crippen LogP contribution in [0.25, 0.3) is 0 Å². The van der Waals surface area contributed by atoms with Crippen LogP contribution >= 0.6 is 0 Å². The Kier molecular flexibility index (Phi) is 5.76. The number of aryl methyl sites for hydroxylation is 1. The predicted octanol–water partition coefficient (Wildman–Crippen LogP) is 3.75. The molecule has 0 unspecified atom stereocenters. The zero-order chi connectivity index (χ0) is 11.8. The SMILES string of the molecule is CCCCCCCCc1ccc(N)cc1N. The number of rotatable bonds is 7. The number of unbranched alkanes of at least 4 members (excludes halogenated alkanes) is 5. The summed E-state index contributed by atoms with van der Waals surface area (Å²) in [6, 6.07) is 5.84. The molecule has 2 heteroatoms. The highest BCUT2D eigenvalue weighted by Crippen LogP contribution is 2.18. The van der Waals surface area contributed by atoms with Crippen LogP contribution in [0.1, 0.15) is 51.0 Å². The number of anilines is 2. The Morgan fingerprint density at radius 1 is 0.938 bits per heavy atom. The molecular formula is C14H24N2. The first-order valence-corrected chi connectivity index (χ1v) is 6.38. The third kappa shape index (κ3) is 4.56. The lowest BCUT2D eigenvalue weighted by atomic mass is 10.0. The maximum Gasteiger partial charge on any atom is 0.0367 e. The molecule has 1 aromatic carbocycles. The van der Waals surface area contributed by atoms with Crippen LogP contribution in [0.15, 0.2) is 18.2 Å². The van der Waals surface area contributed by atoms with Crippen LogP contribution in [0.4, 0.5) is 11.4 Å². The smallest absolute Gasteiger partial charge is 0.0367 e. The Hall–Kier alpha value is -1.18. The summed E-state index contributed by atoms with van der Waals surface area (Å²) < 4.78 is 0. The van der Waals surface area contributed by atoms with E-state index < -0.39 is 0 Å². The minimum Gasteiger partial charge on any atom is -0.399 e. The maximum atomic E-state index is 5.90. The molecule has 1 aromatic rings. The molecule has 2 nitrogen and oxygen atoms in total. The number of hydrogen-bond donors (Lipinski definition) is 2. The molecule has 0 saturated heterocycles. The van der Waals surface area contributed by atoms with Crippen LogP contribution in [0, 0.1) is 0 Å². The fourth-order valence-corrected chi connectivity index (χ4v) is 1.94. The molecule has 0 fully saturated rings. The first-order valence-electron chi connectivity index (χ1n) is 6.38. The van der Waals surface area contributed by atoms with Crippen molar-refractivity contribution in [1.82, 2.24) is 0 Å². The van der Waals surface area contributed by atoms with Gasteiger partial charge >= 0.3 is 0 Å². The van der Waals surface area contributed by atoms with Gasteiger partial charge in [-0.3, -0.25) is 0 Å². The Morgan fingerprint density at radius 2 is 1.62 bits per heavy atom. The fourth-order valence-electron chi connectivity index (χ4n) is 1.94. The highest BCUT2D eigenvalue weighted by molar-refractivity contribution is 5.56.